The van der Waals surface area contributed by atoms with Crippen molar-refractivity contribution in [3.05, 3.63) is 14.0 Å². The second-order valence-electron chi connectivity index (χ2n) is 3.23. The standard InChI is InChI=1S/C10H21N2O.CH3.Co/c1-9(13)10(12-3)7-5-4-6-8-11-2;;/h8,10-12H,4-7H2,1-3H3;1H3;/q2*-1;+2. The zero-order valence-electron chi connectivity index (χ0n) is 10.2. The third kappa shape index (κ3) is 12.0. The third-order valence-electron chi connectivity index (χ3n) is 2.13. The number of carbonyl (C=O) groups excluding carboxylic acids is 1. The number of hydrogen-bond donors (Lipinski definition) is 2. The van der Waals surface area contributed by atoms with Crippen LogP contribution in [0.5, 0.6) is 0 Å². The SMILES string of the molecule is CN[CH-]CCCCC(NC)C(C)=O.[CH3-].[Co+2]. The number of rotatable bonds is 8. The van der Waals surface area contributed by atoms with Gasteiger partial charge in [-0.1, -0.05) is 12.8 Å². The summed E-state index contributed by atoms with van der Waals surface area (Å²) in [7, 11) is 3.75. The topological polar surface area (TPSA) is 41.1 Å². The summed E-state index contributed by atoms with van der Waals surface area (Å²) in [6.07, 6.45) is 4.27. The van der Waals surface area contributed by atoms with Crippen molar-refractivity contribution in [2.45, 2.75) is 38.6 Å². The quantitative estimate of drug-likeness (QED) is 0.513. The molecule has 0 spiro atoms. The Kier molecular flexibility index (Phi) is 19.3. The fourth-order valence-electron chi connectivity index (χ4n) is 1.29. The van der Waals surface area contributed by atoms with E-state index in [2.05, 4.69) is 10.6 Å². The average Bonchev–Trinajstić information content (AvgIpc) is 2.10. The molecule has 1 unspecified atom stereocenters. The zero-order chi connectivity index (χ0) is 10.1. The number of carbonyl (C=O) groups is 1. The molecule has 0 aromatic carbocycles. The van der Waals surface area contributed by atoms with Crippen molar-refractivity contribution >= 4 is 5.78 Å². The normalized spacial score (nSPS) is 11.1. The van der Waals surface area contributed by atoms with E-state index in [0.29, 0.717) is 0 Å². The van der Waals surface area contributed by atoms with Gasteiger partial charge < -0.3 is 18.1 Å². The number of likely N-dealkylation sites (N-methyl/N-ethyl adjacent to an activating group) is 1. The Labute approximate surface area is 105 Å². The first kappa shape index (κ1) is 20.5. The van der Waals surface area contributed by atoms with Crippen molar-refractivity contribution in [3.63, 3.8) is 0 Å². The van der Waals surface area contributed by atoms with Crippen molar-refractivity contribution in [2.75, 3.05) is 14.1 Å². The molecule has 0 fully saturated rings. The third-order valence-corrected chi connectivity index (χ3v) is 2.13. The molecule has 2 N–H and O–H groups in total. The van der Waals surface area contributed by atoms with E-state index >= 15 is 0 Å². The molecule has 0 amide bonds. The molecular formula is C11H24CoN2O. The Morgan fingerprint density at radius 3 is 2.33 bits per heavy atom. The number of unbranched alkanes of at least 4 members (excludes halogenated alkanes) is 2. The number of hydrogen-bond acceptors (Lipinski definition) is 3. The van der Waals surface area contributed by atoms with Gasteiger partial charge in [-0.15, -0.1) is 0 Å². The van der Waals surface area contributed by atoms with Crippen molar-refractivity contribution in [2.24, 2.45) is 0 Å². The van der Waals surface area contributed by atoms with Gasteiger partial charge in [0.1, 0.15) is 5.78 Å². The molecule has 0 aromatic heterocycles. The van der Waals surface area contributed by atoms with Gasteiger partial charge >= 0.3 is 16.8 Å². The van der Waals surface area contributed by atoms with Gasteiger partial charge in [0.15, 0.2) is 0 Å². The largest absolute Gasteiger partial charge is 2.00 e. The summed E-state index contributed by atoms with van der Waals surface area (Å²) < 4.78 is 0. The average molecular weight is 259 g/mol. The van der Waals surface area contributed by atoms with Crippen LogP contribution in [0.1, 0.15) is 32.6 Å². The van der Waals surface area contributed by atoms with E-state index in [1.807, 2.05) is 20.6 Å². The van der Waals surface area contributed by atoms with E-state index in [-0.39, 0.29) is 36.0 Å². The maximum atomic E-state index is 11.0. The summed E-state index contributed by atoms with van der Waals surface area (Å²) in [6, 6.07) is 0.0505. The first-order valence-electron chi connectivity index (χ1n) is 4.89. The maximum absolute atomic E-state index is 11.0. The minimum absolute atomic E-state index is 0. The molecule has 0 aliphatic carbocycles. The van der Waals surface area contributed by atoms with Crippen LogP contribution in [0, 0.1) is 14.0 Å². The van der Waals surface area contributed by atoms with Gasteiger partial charge in [0.05, 0.1) is 6.04 Å². The molecule has 0 saturated carbocycles. The van der Waals surface area contributed by atoms with Gasteiger partial charge in [-0.05, 0) is 27.4 Å². The monoisotopic (exact) mass is 259 g/mol. The van der Waals surface area contributed by atoms with Gasteiger partial charge in [0, 0.05) is 0 Å². The minimum Gasteiger partial charge on any atom is -0.472 e. The van der Waals surface area contributed by atoms with Gasteiger partial charge in [0.25, 0.3) is 0 Å². The van der Waals surface area contributed by atoms with Crippen LogP contribution in [-0.4, -0.2) is 25.9 Å². The van der Waals surface area contributed by atoms with E-state index in [1.165, 1.54) is 0 Å². The van der Waals surface area contributed by atoms with Crippen molar-refractivity contribution in [1.29, 1.82) is 0 Å². The molecule has 3 nitrogen and oxygen atoms in total. The van der Waals surface area contributed by atoms with Crippen LogP contribution in [-0.2, 0) is 21.6 Å². The molecule has 15 heavy (non-hydrogen) atoms. The van der Waals surface area contributed by atoms with Crippen LogP contribution in [0.25, 0.3) is 0 Å². The molecule has 0 aromatic rings. The molecule has 1 radical (unpaired) electrons. The predicted octanol–water partition coefficient (Wildman–Crippen LogP) is 1.55. The van der Waals surface area contributed by atoms with Gasteiger partial charge in [-0.3, -0.25) is 11.3 Å². The van der Waals surface area contributed by atoms with Crippen LogP contribution in [0.2, 0.25) is 0 Å². The molecule has 0 rings (SSSR count). The molecule has 0 aliphatic heterocycles. The summed E-state index contributed by atoms with van der Waals surface area (Å²) in [4.78, 5) is 11.0. The van der Waals surface area contributed by atoms with Gasteiger partial charge in [0.2, 0.25) is 0 Å². The fourth-order valence-corrected chi connectivity index (χ4v) is 1.29. The Bertz CT molecular complexity index is 143. The summed E-state index contributed by atoms with van der Waals surface area (Å²) >= 11 is 0. The molecule has 4 heteroatoms. The summed E-state index contributed by atoms with van der Waals surface area (Å²) in [5, 5.41) is 6.00. The van der Waals surface area contributed by atoms with Gasteiger partial charge in [-0.2, -0.15) is 6.42 Å². The molecule has 0 saturated heterocycles. The summed E-state index contributed by atoms with van der Waals surface area (Å²) in [5.41, 5.74) is 0. The molecular weight excluding hydrogens is 235 g/mol. The summed E-state index contributed by atoms with van der Waals surface area (Å²) in [6.45, 7) is 3.68. The number of nitrogens with one attached hydrogen (secondary N) is 2. The van der Waals surface area contributed by atoms with Crippen LogP contribution in [0.15, 0.2) is 0 Å². The van der Waals surface area contributed by atoms with E-state index in [4.69, 9.17) is 0 Å². The Morgan fingerprint density at radius 2 is 1.93 bits per heavy atom. The Hall–Kier alpha value is 0.0965. The molecule has 93 valence electrons. The smallest absolute Gasteiger partial charge is 0.472 e. The second kappa shape index (κ2) is 14.1. The maximum Gasteiger partial charge on any atom is 2.00 e. The van der Waals surface area contributed by atoms with Crippen LogP contribution < -0.4 is 10.6 Å². The number of Topliss-reactive ketones (excluding diaryl/α,β-unsaturated/α-hetero) is 1. The fraction of sp³-hybridized carbons (Fsp3) is 0.727. The van der Waals surface area contributed by atoms with Gasteiger partial charge in [-0.25, -0.2) is 0 Å². The van der Waals surface area contributed by atoms with Crippen molar-refractivity contribution < 1.29 is 21.6 Å². The Morgan fingerprint density at radius 1 is 1.33 bits per heavy atom. The van der Waals surface area contributed by atoms with Crippen LogP contribution >= 0.6 is 0 Å². The molecule has 1 atom stereocenters. The first-order valence-corrected chi connectivity index (χ1v) is 4.89. The molecule has 0 bridgehead atoms. The van der Waals surface area contributed by atoms with E-state index in [0.717, 1.165) is 25.7 Å². The molecule has 0 heterocycles. The van der Waals surface area contributed by atoms with Crippen molar-refractivity contribution in [3.8, 4) is 0 Å². The Balaban J connectivity index is -0.000000720. The second-order valence-corrected chi connectivity index (χ2v) is 3.23. The van der Waals surface area contributed by atoms with Crippen molar-refractivity contribution in [1.82, 2.24) is 10.6 Å². The van der Waals surface area contributed by atoms with Crippen LogP contribution in [0.4, 0.5) is 0 Å². The molecule has 0 aliphatic rings. The zero-order valence-corrected chi connectivity index (χ0v) is 11.3. The number of ketones is 1. The first-order chi connectivity index (χ1) is 6.22. The van der Waals surface area contributed by atoms with E-state index in [9.17, 15) is 4.79 Å². The van der Waals surface area contributed by atoms with Crippen LogP contribution in [0.3, 0.4) is 0 Å². The minimum atomic E-state index is 0. The predicted molar refractivity (Wildman–Crippen MR) is 61.8 cm³/mol. The van der Waals surface area contributed by atoms with E-state index < -0.39 is 0 Å². The summed E-state index contributed by atoms with van der Waals surface area (Å²) in [5.74, 6) is 0.236. The van der Waals surface area contributed by atoms with E-state index in [1.54, 1.807) is 6.92 Å².